The molecule has 0 aliphatic carbocycles. The van der Waals surface area contributed by atoms with Gasteiger partial charge in [0.1, 0.15) is 0 Å². The Bertz CT molecular complexity index is 1070. The van der Waals surface area contributed by atoms with Crippen LogP contribution in [-0.2, 0) is 0 Å². The van der Waals surface area contributed by atoms with Crippen LogP contribution in [-0.4, -0.2) is 15.3 Å². The van der Waals surface area contributed by atoms with Gasteiger partial charge in [0.15, 0.2) is 4.96 Å². The van der Waals surface area contributed by atoms with Crippen molar-refractivity contribution in [3.63, 3.8) is 0 Å². The molecule has 0 radical (unpaired) electrons. The van der Waals surface area contributed by atoms with Crippen LogP contribution in [0.15, 0.2) is 60.1 Å². The Morgan fingerprint density at radius 1 is 1.20 bits per heavy atom. The van der Waals surface area contributed by atoms with Gasteiger partial charge in [-0.3, -0.25) is 9.20 Å². The number of imidazole rings is 1. The second kappa shape index (κ2) is 6.35. The van der Waals surface area contributed by atoms with Gasteiger partial charge in [-0.2, -0.15) is 0 Å². The summed E-state index contributed by atoms with van der Waals surface area (Å²) >= 11 is 7.55. The van der Waals surface area contributed by atoms with Crippen LogP contribution in [0.25, 0.3) is 16.2 Å². The highest BCUT2D eigenvalue weighted by Gasteiger charge is 2.09. The van der Waals surface area contributed by atoms with Gasteiger partial charge in [0.25, 0.3) is 5.91 Å². The minimum atomic E-state index is -0.187. The molecule has 1 N–H and O–H groups in total. The molecule has 4 aromatic rings. The van der Waals surface area contributed by atoms with E-state index in [1.165, 1.54) is 5.69 Å². The maximum absolute atomic E-state index is 12.3. The van der Waals surface area contributed by atoms with Crippen LogP contribution in [0.4, 0.5) is 5.69 Å². The van der Waals surface area contributed by atoms with Gasteiger partial charge in [-0.05, 0) is 37.3 Å². The van der Waals surface area contributed by atoms with Gasteiger partial charge < -0.3 is 5.32 Å². The molecule has 0 fully saturated rings. The Morgan fingerprint density at radius 2 is 2.00 bits per heavy atom. The summed E-state index contributed by atoms with van der Waals surface area (Å²) < 4.78 is 2.08. The number of carbonyl (C=O) groups excluding carboxylic acids is 1. The van der Waals surface area contributed by atoms with Crippen molar-refractivity contribution in [2.75, 3.05) is 5.32 Å². The molecule has 0 saturated carbocycles. The predicted molar refractivity (Wildman–Crippen MR) is 103 cm³/mol. The lowest BCUT2D eigenvalue weighted by Crippen LogP contribution is -2.11. The van der Waals surface area contributed by atoms with Crippen molar-refractivity contribution in [2.45, 2.75) is 6.92 Å². The van der Waals surface area contributed by atoms with Crippen LogP contribution in [0.1, 0.15) is 16.1 Å². The minimum Gasteiger partial charge on any atom is -0.322 e. The van der Waals surface area contributed by atoms with E-state index in [1.807, 2.05) is 30.5 Å². The number of nitrogens with one attached hydrogen (secondary N) is 1. The van der Waals surface area contributed by atoms with E-state index in [4.69, 9.17) is 11.6 Å². The molecule has 0 aliphatic heterocycles. The van der Waals surface area contributed by atoms with Crippen molar-refractivity contribution in [1.82, 2.24) is 9.38 Å². The maximum Gasteiger partial charge on any atom is 0.255 e. The Balaban J connectivity index is 1.54. The molecule has 0 atom stereocenters. The molecule has 0 bridgehead atoms. The fourth-order valence-corrected chi connectivity index (χ4v) is 3.63. The maximum atomic E-state index is 12.3. The third kappa shape index (κ3) is 3.16. The van der Waals surface area contributed by atoms with Crippen LogP contribution in [0, 0.1) is 6.92 Å². The predicted octanol–water partition coefficient (Wildman–Crippen LogP) is 5.28. The number of nitrogens with zero attached hydrogens (tertiary/aromatic N) is 2. The van der Waals surface area contributed by atoms with E-state index >= 15 is 0 Å². The van der Waals surface area contributed by atoms with E-state index in [9.17, 15) is 4.79 Å². The average Bonchev–Trinajstić information content (AvgIpc) is 3.18. The number of aryl methyl sites for hydroxylation is 1. The quantitative estimate of drug-likeness (QED) is 0.535. The Morgan fingerprint density at radius 3 is 2.72 bits per heavy atom. The fourth-order valence-electron chi connectivity index (χ4n) is 2.59. The van der Waals surface area contributed by atoms with E-state index in [0.717, 1.165) is 21.9 Å². The van der Waals surface area contributed by atoms with Gasteiger partial charge in [-0.1, -0.05) is 29.8 Å². The highest BCUT2D eigenvalue weighted by molar-refractivity contribution is 7.15. The molecule has 4 nitrogen and oxygen atoms in total. The Kier molecular flexibility index (Phi) is 4.03. The van der Waals surface area contributed by atoms with E-state index in [-0.39, 0.29) is 5.91 Å². The lowest BCUT2D eigenvalue weighted by Gasteiger charge is -2.06. The average molecular weight is 368 g/mol. The second-order valence-electron chi connectivity index (χ2n) is 5.70. The number of carbonyl (C=O) groups is 1. The SMILES string of the molecule is Cc1csc2nc(-c3ccc(NC(=O)c4cccc(Cl)c4)cc3)cn12. The highest BCUT2D eigenvalue weighted by Crippen LogP contribution is 2.24. The summed E-state index contributed by atoms with van der Waals surface area (Å²) in [7, 11) is 0. The third-order valence-electron chi connectivity index (χ3n) is 3.91. The summed E-state index contributed by atoms with van der Waals surface area (Å²) in [6.07, 6.45) is 2.03. The molecule has 0 aliphatic rings. The van der Waals surface area contributed by atoms with E-state index < -0.39 is 0 Å². The van der Waals surface area contributed by atoms with Crippen LogP contribution in [0.2, 0.25) is 5.02 Å². The first-order valence-corrected chi connectivity index (χ1v) is 8.96. The number of hydrogen-bond acceptors (Lipinski definition) is 3. The number of anilines is 1. The molecule has 0 unspecified atom stereocenters. The molecule has 124 valence electrons. The van der Waals surface area contributed by atoms with Crippen molar-refractivity contribution in [3.05, 3.63) is 76.4 Å². The van der Waals surface area contributed by atoms with Crippen LogP contribution < -0.4 is 5.32 Å². The molecule has 6 heteroatoms. The summed E-state index contributed by atoms with van der Waals surface area (Å²) in [4.78, 5) is 17.9. The summed E-state index contributed by atoms with van der Waals surface area (Å²) in [5.41, 5.74) is 4.36. The van der Waals surface area contributed by atoms with Crippen molar-refractivity contribution >= 4 is 39.5 Å². The van der Waals surface area contributed by atoms with Crippen LogP contribution >= 0.6 is 22.9 Å². The molecule has 1 amide bonds. The molecular formula is C19H14ClN3OS. The number of rotatable bonds is 3. The number of benzene rings is 2. The highest BCUT2D eigenvalue weighted by atomic mass is 35.5. The number of aromatic nitrogens is 2. The molecule has 0 spiro atoms. The van der Waals surface area contributed by atoms with E-state index in [0.29, 0.717) is 10.6 Å². The minimum absolute atomic E-state index is 0.187. The summed E-state index contributed by atoms with van der Waals surface area (Å²) in [5.74, 6) is -0.187. The fraction of sp³-hybridized carbons (Fsp3) is 0.0526. The Labute approximate surface area is 153 Å². The lowest BCUT2D eigenvalue weighted by atomic mass is 10.1. The molecule has 2 heterocycles. The van der Waals surface area contributed by atoms with Crippen LogP contribution in [0.3, 0.4) is 0 Å². The van der Waals surface area contributed by atoms with Crippen molar-refractivity contribution in [1.29, 1.82) is 0 Å². The first kappa shape index (κ1) is 15.9. The summed E-state index contributed by atoms with van der Waals surface area (Å²) in [5, 5.41) is 5.50. The molecular weight excluding hydrogens is 354 g/mol. The smallest absolute Gasteiger partial charge is 0.255 e. The van der Waals surface area contributed by atoms with Gasteiger partial charge >= 0.3 is 0 Å². The lowest BCUT2D eigenvalue weighted by molar-refractivity contribution is 0.102. The van der Waals surface area contributed by atoms with E-state index in [1.54, 1.807) is 35.6 Å². The van der Waals surface area contributed by atoms with Crippen LogP contribution in [0.5, 0.6) is 0 Å². The molecule has 25 heavy (non-hydrogen) atoms. The first-order valence-electron chi connectivity index (χ1n) is 7.71. The Hall–Kier alpha value is -2.63. The normalized spacial score (nSPS) is 11.0. The standard InChI is InChI=1S/C19H14ClN3OS/c1-12-11-25-19-22-17(10-23(12)19)13-5-7-16(8-6-13)21-18(24)14-3-2-4-15(20)9-14/h2-11H,1H3,(H,21,24). The van der Waals surface area contributed by atoms with Gasteiger partial charge in [-0.15, -0.1) is 11.3 Å². The molecule has 2 aromatic heterocycles. The number of thiazole rings is 1. The topological polar surface area (TPSA) is 46.4 Å². The zero-order valence-corrected chi connectivity index (χ0v) is 14.9. The largest absolute Gasteiger partial charge is 0.322 e. The van der Waals surface area contributed by atoms with Crippen molar-refractivity contribution in [2.24, 2.45) is 0 Å². The zero-order valence-electron chi connectivity index (χ0n) is 13.4. The number of hydrogen-bond donors (Lipinski definition) is 1. The van der Waals surface area contributed by atoms with Crippen molar-refractivity contribution < 1.29 is 4.79 Å². The summed E-state index contributed by atoms with van der Waals surface area (Å²) in [6.45, 7) is 2.06. The van der Waals surface area contributed by atoms with Gasteiger partial charge in [0, 0.05) is 39.1 Å². The number of amides is 1. The molecule has 0 saturated heterocycles. The van der Waals surface area contributed by atoms with Crippen molar-refractivity contribution in [3.8, 4) is 11.3 Å². The number of fused-ring (bicyclic) bond motifs is 1. The monoisotopic (exact) mass is 367 g/mol. The summed E-state index contributed by atoms with van der Waals surface area (Å²) in [6, 6.07) is 14.5. The van der Waals surface area contributed by atoms with E-state index in [2.05, 4.69) is 27.0 Å². The van der Waals surface area contributed by atoms with Gasteiger partial charge in [0.05, 0.1) is 5.69 Å². The first-order chi connectivity index (χ1) is 12.1. The molecule has 4 rings (SSSR count). The zero-order chi connectivity index (χ0) is 17.4. The van der Waals surface area contributed by atoms with Gasteiger partial charge in [0.2, 0.25) is 0 Å². The molecule has 2 aromatic carbocycles. The van der Waals surface area contributed by atoms with Gasteiger partial charge in [-0.25, -0.2) is 4.98 Å². The second-order valence-corrected chi connectivity index (χ2v) is 6.97. The third-order valence-corrected chi connectivity index (χ3v) is 5.11. The number of halogens is 1.